The zero-order chi connectivity index (χ0) is 17.1. The maximum atomic E-state index is 11.5. The molecule has 0 aliphatic carbocycles. The fraction of sp³-hybridized carbons (Fsp3) is 0.250. The van der Waals surface area contributed by atoms with Crippen LogP contribution in [0.4, 0.5) is 0 Å². The summed E-state index contributed by atoms with van der Waals surface area (Å²) in [6, 6.07) is 18.9. The van der Waals surface area contributed by atoms with Gasteiger partial charge in [-0.25, -0.2) is 0 Å². The smallest absolute Gasteiger partial charge is 0.159 e. The summed E-state index contributed by atoms with van der Waals surface area (Å²) >= 11 is 0. The Bertz CT molecular complexity index is 715. The predicted molar refractivity (Wildman–Crippen MR) is 107 cm³/mol. The van der Waals surface area contributed by atoms with E-state index in [2.05, 4.69) is 74.4 Å². The molecule has 1 nitrogen and oxygen atoms in total. The van der Waals surface area contributed by atoms with Crippen LogP contribution in [0.1, 0.15) is 22.8 Å². The summed E-state index contributed by atoms with van der Waals surface area (Å²) in [5.41, 5.74) is 4.35. The minimum Gasteiger partial charge on any atom is -0.295 e. The highest BCUT2D eigenvalue weighted by Gasteiger charge is 2.40. The lowest BCUT2D eigenvalue weighted by molar-refractivity contribution is 0.101. The van der Waals surface area contributed by atoms with Crippen molar-refractivity contribution in [2.24, 2.45) is 0 Å². The molecule has 0 saturated carbocycles. The standard InChI is InChI=1S/C20H26OSi2/c1-17(21)19-11-9-10-18(16-19)14-15-22(2,3)23(4,5)20-12-7-6-8-13-20/h6-16H,1-5H3/b15-14+. The minimum atomic E-state index is -1.53. The molecule has 0 radical (unpaired) electrons. The van der Waals surface area contributed by atoms with E-state index in [1.807, 2.05) is 18.2 Å². The van der Waals surface area contributed by atoms with Crippen LogP contribution < -0.4 is 5.19 Å². The van der Waals surface area contributed by atoms with Gasteiger partial charge in [-0.1, -0.05) is 91.7 Å². The van der Waals surface area contributed by atoms with Crippen molar-refractivity contribution in [1.29, 1.82) is 0 Å². The molecule has 0 atom stereocenters. The van der Waals surface area contributed by atoms with Crippen LogP contribution in [0.3, 0.4) is 0 Å². The van der Waals surface area contributed by atoms with E-state index in [0.29, 0.717) is 0 Å². The predicted octanol–water partition coefficient (Wildman–Crippen LogP) is 4.84. The van der Waals surface area contributed by atoms with Crippen molar-refractivity contribution in [2.75, 3.05) is 0 Å². The third-order valence-electron chi connectivity index (χ3n) is 5.09. The number of Topliss-reactive ketones (excluding diaryl/α,β-unsaturated/α-hetero) is 1. The average molecular weight is 339 g/mol. The Morgan fingerprint density at radius 2 is 1.57 bits per heavy atom. The molecule has 2 rings (SSSR count). The van der Waals surface area contributed by atoms with Crippen LogP contribution >= 0.6 is 0 Å². The lowest BCUT2D eigenvalue weighted by Gasteiger charge is -2.36. The largest absolute Gasteiger partial charge is 0.295 e. The molecule has 0 unspecified atom stereocenters. The third-order valence-corrected chi connectivity index (χ3v) is 22.1. The first-order valence-electron chi connectivity index (χ1n) is 8.10. The van der Waals surface area contributed by atoms with Gasteiger partial charge in [0.25, 0.3) is 0 Å². The van der Waals surface area contributed by atoms with E-state index in [4.69, 9.17) is 0 Å². The van der Waals surface area contributed by atoms with Crippen molar-refractivity contribution in [1.82, 2.24) is 0 Å². The highest BCUT2D eigenvalue weighted by Crippen LogP contribution is 2.22. The van der Waals surface area contributed by atoms with E-state index < -0.39 is 15.2 Å². The van der Waals surface area contributed by atoms with Gasteiger partial charge in [0.15, 0.2) is 5.78 Å². The summed E-state index contributed by atoms with van der Waals surface area (Å²) in [4.78, 5) is 11.5. The van der Waals surface area contributed by atoms with Gasteiger partial charge in [-0.15, -0.1) is 0 Å². The average Bonchev–Trinajstić information content (AvgIpc) is 2.54. The molecule has 0 aliphatic rings. The van der Waals surface area contributed by atoms with E-state index in [9.17, 15) is 4.79 Å². The number of carbonyl (C=O) groups excluding carboxylic acids is 1. The van der Waals surface area contributed by atoms with Crippen LogP contribution in [-0.4, -0.2) is 21.0 Å². The summed E-state index contributed by atoms with van der Waals surface area (Å²) in [5, 5.41) is 1.53. The molecule has 0 spiro atoms. The van der Waals surface area contributed by atoms with E-state index in [1.54, 1.807) is 6.92 Å². The van der Waals surface area contributed by atoms with E-state index in [0.717, 1.165) is 11.1 Å². The fourth-order valence-electron chi connectivity index (χ4n) is 2.60. The maximum Gasteiger partial charge on any atom is 0.159 e. The molecule has 0 aromatic heterocycles. The van der Waals surface area contributed by atoms with Gasteiger partial charge in [-0.3, -0.25) is 4.79 Å². The Morgan fingerprint density at radius 3 is 2.17 bits per heavy atom. The van der Waals surface area contributed by atoms with Crippen LogP contribution in [0.15, 0.2) is 60.3 Å². The van der Waals surface area contributed by atoms with Crippen LogP contribution in [-0.2, 0) is 0 Å². The lowest BCUT2D eigenvalue weighted by atomic mass is 10.1. The van der Waals surface area contributed by atoms with Crippen molar-refractivity contribution in [3.63, 3.8) is 0 Å². The zero-order valence-corrected chi connectivity index (χ0v) is 16.8. The second kappa shape index (κ2) is 6.81. The zero-order valence-electron chi connectivity index (χ0n) is 14.8. The van der Waals surface area contributed by atoms with Crippen molar-refractivity contribution < 1.29 is 4.79 Å². The molecule has 0 heterocycles. The number of rotatable bonds is 5. The van der Waals surface area contributed by atoms with Gasteiger partial charge in [-0.2, -0.15) is 0 Å². The number of benzene rings is 2. The van der Waals surface area contributed by atoms with Crippen molar-refractivity contribution in [3.05, 3.63) is 71.4 Å². The highest BCUT2D eigenvalue weighted by molar-refractivity contribution is 7.47. The van der Waals surface area contributed by atoms with E-state index in [1.165, 1.54) is 5.19 Å². The molecule has 0 saturated heterocycles. The van der Waals surface area contributed by atoms with Gasteiger partial charge in [0.1, 0.15) is 0 Å². The highest BCUT2D eigenvalue weighted by atomic mass is 29.3. The molecule has 0 aliphatic heterocycles. The fourth-order valence-corrected chi connectivity index (χ4v) is 9.63. The lowest BCUT2D eigenvalue weighted by Crippen LogP contribution is -2.61. The van der Waals surface area contributed by atoms with Gasteiger partial charge < -0.3 is 0 Å². The summed E-state index contributed by atoms with van der Waals surface area (Å²) in [6.07, 6.45) is 2.22. The van der Waals surface area contributed by atoms with Gasteiger partial charge in [0.2, 0.25) is 0 Å². The van der Waals surface area contributed by atoms with Crippen molar-refractivity contribution in [3.8, 4) is 0 Å². The van der Waals surface area contributed by atoms with Crippen molar-refractivity contribution >= 4 is 32.2 Å². The molecule has 120 valence electrons. The maximum absolute atomic E-state index is 11.5. The monoisotopic (exact) mass is 338 g/mol. The molecule has 0 N–H and O–H groups in total. The molecule has 0 bridgehead atoms. The van der Waals surface area contributed by atoms with Gasteiger partial charge in [0, 0.05) is 5.56 Å². The molecular formula is C20H26OSi2. The summed E-state index contributed by atoms with van der Waals surface area (Å²) in [5.74, 6) is 0.121. The second-order valence-corrected chi connectivity index (χ2v) is 22.4. The Kier molecular flexibility index (Phi) is 5.22. The normalized spacial score (nSPS) is 12.6. The Balaban J connectivity index is 2.30. The van der Waals surface area contributed by atoms with Gasteiger partial charge >= 0.3 is 0 Å². The Hall–Kier alpha value is -1.72. The second-order valence-electron chi connectivity index (χ2n) is 7.23. The van der Waals surface area contributed by atoms with Crippen LogP contribution in [0.25, 0.3) is 6.08 Å². The third kappa shape index (κ3) is 3.98. The molecular weight excluding hydrogens is 312 g/mol. The summed E-state index contributed by atoms with van der Waals surface area (Å²) in [6.45, 7) is 11.5. The number of hydrogen-bond donors (Lipinski definition) is 0. The molecule has 2 aromatic rings. The topological polar surface area (TPSA) is 17.1 Å². The van der Waals surface area contributed by atoms with Crippen LogP contribution in [0.5, 0.6) is 0 Å². The molecule has 0 fully saturated rings. The summed E-state index contributed by atoms with van der Waals surface area (Å²) in [7, 11) is -3.04. The Morgan fingerprint density at radius 1 is 0.913 bits per heavy atom. The Labute approximate surface area is 141 Å². The minimum absolute atomic E-state index is 0.121. The van der Waals surface area contributed by atoms with Crippen LogP contribution in [0.2, 0.25) is 26.2 Å². The summed E-state index contributed by atoms with van der Waals surface area (Å²) < 4.78 is 0. The van der Waals surface area contributed by atoms with E-state index >= 15 is 0 Å². The first-order valence-corrected chi connectivity index (χ1v) is 15.2. The quantitative estimate of drug-likeness (QED) is 0.563. The van der Waals surface area contributed by atoms with Crippen LogP contribution in [0, 0.1) is 0 Å². The number of hydrogen-bond acceptors (Lipinski definition) is 1. The molecule has 2 aromatic carbocycles. The molecule has 3 heteroatoms. The molecule has 0 amide bonds. The van der Waals surface area contributed by atoms with Crippen molar-refractivity contribution in [2.45, 2.75) is 33.1 Å². The van der Waals surface area contributed by atoms with E-state index in [-0.39, 0.29) is 5.78 Å². The number of ketones is 1. The SMILES string of the molecule is CC(=O)c1cccc(/C=C/[Si](C)(C)[Si](C)(C)c2ccccc2)c1. The first-order chi connectivity index (χ1) is 10.7. The first kappa shape index (κ1) is 17.6. The van der Waals surface area contributed by atoms with Gasteiger partial charge in [0.05, 0.1) is 15.2 Å². The number of carbonyl (C=O) groups is 1. The molecule has 23 heavy (non-hydrogen) atoms. The van der Waals surface area contributed by atoms with Gasteiger partial charge in [-0.05, 0) is 18.6 Å².